The van der Waals surface area contributed by atoms with Crippen molar-refractivity contribution in [3.63, 3.8) is 0 Å². The minimum atomic E-state index is 0.700. The van der Waals surface area contributed by atoms with Gasteiger partial charge in [0.15, 0.2) is 0 Å². The third-order valence-corrected chi connectivity index (χ3v) is 3.01. The summed E-state index contributed by atoms with van der Waals surface area (Å²) in [5.41, 5.74) is 3.00. The van der Waals surface area contributed by atoms with Crippen molar-refractivity contribution in [3.05, 3.63) is 47.5 Å². The molecule has 0 fully saturated rings. The van der Waals surface area contributed by atoms with Crippen LogP contribution in [0.4, 0.5) is 0 Å². The molecule has 0 bridgehead atoms. The summed E-state index contributed by atoms with van der Waals surface area (Å²) in [6.07, 6.45) is 2.38. The highest BCUT2D eigenvalue weighted by atomic mass is 15.1. The van der Waals surface area contributed by atoms with Gasteiger partial charge in [0.25, 0.3) is 0 Å². The molecule has 0 N–H and O–H groups in total. The fourth-order valence-corrected chi connectivity index (χ4v) is 2.01. The number of hydrogen-bond donors (Lipinski definition) is 0. The van der Waals surface area contributed by atoms with Gasteiger partial charge < -0.3 is 0 Å². The van der Waals surface area contributed by atoms with Gasteiger partial charge in [0.2, 0.25) is 0 Å². The normalized spacial score (nSPS) is 17.1. The van der Waals surface area contributed by atoms with Crippen molar-refractivity contribution < 1.29 is 0 Å². The minimum Gasteiger partial charge on any atom is -0.291 e. The van der Waals surface area contributed by atoms with E-state index < -0.39 is 0 Å². The molecule has 1 aliphatic heterocycles. The van der Waals surface area contributed by atoms with Gasteiger partial charge >= 0.3 is 0 Å². The maximum Gasteiger partial charge on any atom is 0.0240 e. The lowest BCUT2D eigenvalue weighted by atomic mass is 10.1. The maximum absolute atomic E-state index is 2.49. The monoisotopic (exact) mass is 201 g/mol. The van der Waals surface area contributed by atoms with Crippen LogP contribution >= 0.6 is 0 Å². The molecule has 0 saturated carbocycles. The molecule has 0 unspecified atom stereocenters. The molecule has 1 heteroatoms. The molecular formula is C14H19N. The van der Waals surface area contributed by atoms with Gasteiger partial charge in [-0.05, 0) is 11.5 Å². The second-order valence-electron chi connectivity index (χ2n) is 4.59. The van der Waals surface area contributed by atoms with E-state index in [9.17, 15) is 0 Å². The van der Waals surface area contributed by atoms with Crippen LogP contribution in [0.3, 0.4) is 0 Å². The van der Waals surface area contributed by atoms with Crippen molar-refractivity contribution in [2.24, 2.45) is 5.92 Å². The molecular weight excluding hydrogens is 182 g/mol. The van der Waals surface area contributed by atoms with Crippen molar-refractivity contribution >= 4 is 0 Å². The molecule has 2 rings (SSSR count). The highest BCUT2D eigenvalue weighted by Gasteiger charge is 2.15. The van der Waals surface area contributed by atoms with Crippen LogP contribution in [0, 0.1) is 5.92 Å². The highest BCUT2D eigenvalue weighted by molar-refractivity contribution is 5.18. The molecule has 1 nitrogen and oxygen atoms in total. The Balaban J connectivity index is 1.90. The molecule has 80 valence electrons. The fraction of sp³-hybridized carbons (Fsp3) is 0.429. The molecule has 1 aromatic carbocycles. The Morgan fingerprint density at radius 1 is 1.20 bits per heavy atom. The van der Waals surface area contributed by atoms with E-state index in [-0.39, 0.29) is 0 Å². The van der Waals surface area contributed by atoms with Crippen LogP contribution in [0.1, 0.15) is 19.4 Å². The van der Waals surface area contributed by atoms with E-state index in [0.29, 0.717) is 5.92 Å². The Kier molecular flexibility index (Phi) is 3.22. The van der Waals surface area contributed by atoms with Crippen LogP contribution in [-0.2, 0) is 6.54 Å². The largest absolute Gasteiger partial charge is 0.291 e. The van der Waals surface area contributed by atoms with Gasteiger partial charge in [0, 0.05) is 19.6 Å². The zero-order valence-corrected chi connectivity index (χ0v) is 9.61. The average Bonchev–Trinajstić information content (AvgIpc) is 2.68. The SMILES string of the molecule is CC(C)C1=CCN(Cc2ccccc2)C1. The van der Waals surface area contributed by atoms with Gasteiger partial charge in [-0.1, -0.05) is 55.8 Å². The van der Waals surface area contributed by atoms with E-state index in [1.165, 1.54) is 5.56 Å². The zero-order valence-electron chi connectivity index (χ0n) is 9.61. The van der Waals surface area contributed by atoms with E-state index in [0.717, 1.165) is 19.6 Å². The Labute approximate surface area is 92.4 Å². The molecule has 0 radical (unpaired) electrons. The van der Waals surface area contributed by atoms with Gasteiger partial charge in [-0.2, -0.15) is 0 Å². The molecule has 0 aromatic heterocycles. The lowest BCUT2D eigenvalue weighted by Crippen LogP contribution is -2.20. The molecule has 1 heterocycles. The second-order valence-corrected chi connectivity index (χ2v) is 4.59. The average molecular weight is 201 g/mol. The van der Waals surface area contributed by atoms with Crippen LogP contribution in [0.5, 0.6) is 0 Å². The van der Waals surface area contributed by atoms with Gasteiger partial charge in [0.1, 0.15) is 0 Å². The molecule has 0 aliphatic carbocycles. The van der Waals surface area contributed by atoms with Crippen LogP contribution in [0.2, 0.25) is 0 Å². The summed E-state index contributed by atoms with van der Waals surface area (Å²) in [4.78, 5) is 2.49. The summed E-state index contributed by atoms with van der Waals surface area (Å²) in [7, 11) is 0. The van der Waals surface area contributed by atoms with Crippen molar-refractivity contribution in [2.45, 2.75) is 20.4 Å². The maximum atomic E-state index is 2.49. The first-order valence-corrected chi connectivity index (χ1v) is 5.71. The summed E-state index contributed by atoms with van der Waals surface area (Å²) in [6.45, 7) is 7.89. The summed E-state index contributed by atoms with van der Waals surface area (Å²) in [5, 5.41) is 0. The molecule has 1 aliphatic rings. The standard InChI is InChI=1S/C14H19N/c1-12(2)14-8-9-15(11-14)10-13-6-4-3-5-7-13/h3-8,12H,9-11H2,1-2H3. The molecule has 0 amide bonds. The van der Waals surface area contributed by atoms with Gasteiger partial charge in [-0.25, -0.2) is 0 Å². The van der Waals surface area contributed by atoms with Crippen molar-refractivity contribution in [1.29, 1.82) is 0 Å². The third kappa shape index (κ3) is 2.69. The van der Waals surface area contributed by atoms with E-state index in [2.05, 4.69) is 55.2 Å². The Morgan fingerprint density at radius 3 is 2.53 bits per heavy atom. The summed E-state index contributed by atoms with van der Waals surface area (Å²) < 4.78 is 0. The smallest absolute Gasteiger partial charge is 0.0240 e. The second kappa shape index (κ2) is 4.63. The summed E-state index contributed by atoms with van der Waals surface area (Å²) in [6, 6.07) is 10.7. The first-order chi connectivity index (χ1) is 7.25. The first-order valence-electron chi connectivity index (χ1n) is 5.71. The van der Waals surface area contributed by atoms with E-state index in [1.807, 2.05) is 0 Å². The van der Waals surface area contributed by atoms with E-state index in [1.54, 1.807) is 5.57 Å². The summed E-state index contributed by atoms with van der Waals surface area (Å²) in [5.74, 6) is 0.700. The van der Waals surface area contributed by atoms with Gasteiger partial charge in [-0.3, -0.25) is 4.90 Å². The van der Waals surface area contributed by atoms with Gasteiger partial charge in [-0.15, -0.1) is 0 Å². The number of nitrogens with zero attached hydrogens (tertiary/aromatic N) is 1. The Hall–Kier alpha value is -1.08. The predicted molar refractivity (Wildman–Crippen MR) is 64.6 cm³/mol. The van der Waals surface area contributed by atoms with E-state index >= 15 is 0 Å². The number of hydrogen-bond acceptors (Lipinski definition) is 1. The summed E-state index contributed by atoms with van der Waals surface area (Å²) >= 11 is 0. The van der Waals surface area contributed by atoms with Gasteiger partial charge in [0.05, 0.1) is 0 Å². The Morgan fingerprint density at radius 2 is 1.93 bits per heavy atom. The van der Waals surface area contributed by atoms with Crippen LogP contribution in [-0.4, -0.2) is 18.0 Å². The quantitative estimate of drug-likeness (QED) is 0.679. The van der Waals surface area contributed by atoms with Crippen molar-refractivity contribution in [3.8, 4) is 0 Å². The molecule has 1 aromatic rings. The first kappa shape index (κ1) is 10.4. The third-order valence-electron chi connectivity index (χ3n) is 3.01. The predicted octanol–water partition coefficient (Wildman–Crippen LogP) is 3.08. The molecule has 0 spiro atoms. The van der Waals surface area contributed by atoms with Crippen molar-refractivity contribution in [2.75, 3.05) is 13.1 Å². The van der Waals surface area contributed by atoms with Crippen LogP contribution in [0.25, 0.3) is 0 Å². The van der Waals surface area contributed by atoms with Crippen molar-refractivity contribution in [1.82, 2.24) is 4.90 Å². The van der Waals surface area contributed by atoms with E-state index in [4.69, 9.17) is 0 Å². The lowest BCUT2D eigenvalue weighted by molar-refractivity contribution is 0.335. The topological polar surface area (TPSA) is 3.24 Å². The molecule has 0 atom stereocenters. The molecule has 15 heavy (non-hydrogen) atoms. The zero-order chi connectivity index (χ0) is 10.7. The lowest BCUT2D eigenvalue weighted by Gasteiger charge is -2.16. The van der Waals surface area contributed by atoms with Crippen LogP contribution in [0.15, 0.2) is 42.0 Å². The number of rotatable bonds is 3. The highest BCUT2D eigenvalue weighted by Crippen LogP contribution is 2.18. The van der Waals surface area contributed by atoms with Crippen LogP contribution < -0.4 is 0 Å². The minimum absolute atomic E-state index is 0.700. The number of benzene rings is 1. The molecule has 0 saturated heterocycles. The fourth-order valence-electron chi connectivity index (χ4n) is 2.01. The Bertz CT molecular complexity index is 338.